The number of carbonyl (C=O) groups excluding carboxylic acids is 1. The van der Waals surface area contributed by atoms with Crippen molar-refractivity contribution in [2.75, 3.05) is 0 Å². The van der Waals surface area contributed by atoms with Crippen LogP contribution in [0.3, 0.4) is 0 Å². The van der Waals surface area contributed by atoms with Crippen LogP contribution in [0.5, 0.6) is 0 Å². The number of hydrogen-bond acceptors (Lipinski definition) is 2. The lowest BCUT2D eigenvalue weighted by Crippen LogP contribution is -2.15. The zero-order valence-corrected chi connectivity index (χ0v) is 12.1. The molecule has 1 aromatic carbocycles. The maximum absolute atomic E-state index is 11.9. The number of esters is 1. The molecule has 0 spiro atoms. The number of ether oxygens (including phenoxy) is 1. The Hall–Kier alpha value is -1.54. The number of rotatable bonds is 6. The minimum Gasteiger partial charge on any atom is -0.455 e. The van der Waals surface area contributed by atoms with Crippen LogP contribution in [-0.4, -0.2) is 12.1 Å². The van der Waals surface area contributed by atoms with Gasteiger partial charge in [-0.1, -0.05) is 35.9 Å². The molecule has 0 unspecified atom stereocenters. The predicted octanol–water partition coefficient (Wildman–Crippen LogP) is 4.80. The van der Waals surface area contributed by atoms with Crippen molar-refractivity contribution in [3.63, 3.8) is 0 Å². The van der Waals surface area contributed by atoms with Gasteiger partial charge in [0.2, 0.25) is 0 Å². The van der Waals surface area contributed by atoms with E-state index in [1.807, 2.05) is 13.8 Å². The Morgan fingerprint density at radius 1 is 1.37 bits per heavy atom. The second-order valence-electron chi connectivity index (χ2n) is 4.55. The maximum atomic E-state index is 11.9. The maximum Gasteiger partial charge on any atom is 0.338 e. The highest BCUT2D eigenvalue weighted by atomic mass is 35.5. The molecular formula is C16H19ClO2. The van der Waals surface area contributed by atoms with Gasteiger partial charge in [0.15, 0.2) is 0 Å². The molecule has 0 amide bonds. The van der Waals surface area contributed by atoms with Gasteiger partial charge in [0.25, 0.3) is 0 Å². The van der Waals surface area contributed by atoms with Gasteiger partial charge in [-0.05, 0) is 51.0 Å². The third kappa shape index (κ3) is 5.75. The standard InChI is InChI=1S/C16H19ClO2/c1-4-15(7-5-6-12(2)3)19-16(18)13-8-10-14(17)11-9-13/h4,6,8-11,15H,1,5,7H2,2-3H3/t15-/m0/s1. The molecule has 0 aromatic heterocycles. The van der Waals surface area contributed by atoms with Gasteiger partial charge in [-0.2, -0.15) is 0 Å². The average molecular weight is 279 g/mol. The molecule has 3 heteroatoms. The molecule has 0 aliphatic heterocycles. The lowest BCUT2D eigenvalue weighted by Gasteiger charge is -2.13. The zero-order chi connectivity index (χ0) is 14.3. The van der Waals surface area contributed by atoms with Crippen LogP contribution >= 0.6 is 11.6 Å². The highest BCUT2D eigenvalue weighted by Crippen LogP contribution is 2.13. The molecule has 0 aliphatic rings. The third-order valence-electron chi connectivity index (χ3n) is 2.60. The summed E-state index contributed by atoms with van der Waals surface area (Å²) >= 11 is 5.77. The molecule has 1 atom stereocenters. The van der Waals surface area contributed by atoms with Crippen LogP contribution in [-0.2, 0) is 4.74 Å². The van der Waals surface area contributed by atoms with E-state index in [0.717, 1.165) is 12.8 Å². The summed E-state index contributed by atoms with van der Waals surface area (Å²) in [6.07, 6.45) is 5.12. The monoisotopic (exact) mass is 278 g/mol. The fourth-order valence-electron chi connectivity index (χ4n) is 1.55. The van der Waals surface area contributed by atoms with Crippen molar-refractivity contribution in [2.24, 2.45) is 0 Å². The van der Waals surface area contributed by atoms with Crippen LogP contribution in [0.4, 0.5) is 0 Å². The topological polar surface area (TPSA) is 26.3 Å². The second kappa shape index (κ2) is 7.80. The fourth-order valence-corrected chi connectivity index (χ4v) is 1.68. The van der Waals surface area contributed by atoms with E-state index in [0.29, 0.717) is 10.6 Å². The Kier molecular flexibility index (Phi) is 6.37. The minimum absolute atomic E-state index is 0.265. The molecule has 2 nitrogen and oxygen atoms in total. The van der Waals surface area contributed by atoms with E-state index in [9.17, 15) is 4.79 Å². The molecule has 1 aromatic rings. The second-order valence-corrected chi connectivity index (χ2v) is 4.98. The van der Waals surface area contributed by atoms with Crippen molar-refractivity contribution in [1.82, 2.24) is 0 Å². The van der Waals surface area contributed by atoms with Crippen molar-refractivity contribution >= 4 is 17.6 Å². The molecule has 1 rings (SSSR count). The molecule has 0 radical (unpaired) electrons. The highest BCUT2D eigenvalue weighted by molar-refractivity contribution is 6.30. The quantitative estimate of drug-likeness (QED) is 0.552. The normalized spacial score (nSPS) is 11.5. The first-order valence-electron chi connectivity index (χ1n) is 6.25. The van der Waals surface area contributed by atoms with Gasteiger partial charge in [0.05, 0.1) is 5.56 Å². The summed E-state index contributed by atoms with van der Waals surface area (Å²) in [6.45, 7) is 7.79. The molecule has 0 saturated carbocycles. The highest BCUT2D eigenvalue weighted by Gasteiger charge is 2.12. The van der Waals surface area contributed by atoms with E-state index >= 15 is 0 Å². The third-order valence-corrected chi connectivity index (χ3v) is 2.86. The summed E-state index contributed by atoms with van der Waals surface area (Å²) in [5.74, 6) is -0.348. The number of hydrogen-bond donors (Lipinski definition) is 0. The van der Waals surface area contributed by atoms with Crippen molar-refractivity contribution in [2.45, 2.75) is 32.8 Å². The Bertz CT molecular complexity index is 456. The van der Waals surface area contributed by atoms with E-state index in [1.54, 1.807) is 30.3 Å². The summed E-state index contributed by atoms with van der Waals surface area (Å²) in [4.78, 5) is 11.9. The average Bonchev–Trinajstić information content (AvgIpc) is 2.37. The van der Waals surface area contributed by atoms with Gasteiger partial charge >= 0.3 is 5.97 Å². The summed E-state index contributed by atoms with van der Waals surface area (Å²) in [7, 11) is 0. The number of allylic oxidation sites excluding steroid dienone is 2. The van der Waals surface area contributed by atoms with Crippen LogP contribution in [0.25, 0.3) is 0 Å². The number of carbonyl (C=O) groups is 1. The van der Waals surface area contributed by atoms with Crippen LogP contribution in [0.15, 0.2) is 48.6 Å². The van der Waals surface area contributed by atoms with Crippen molar-refractivity contribution in [3.8, 4) is 0 Å². The summed E-state index contributed by atoms with van der Waals surface area (Å²) < 4.78 is 5.38. The van der Waals surface area contributed by atoms with Crippen molar-refractivity contribution in [1.29, 1.82) is 0 Å². The molecule has 102 valence electrons. The van der Waals surface area contributed by atoms with E-state index in [4.69, 9.17) is 16.3 Å². The van der Waals surface area contributed by atoms with Crippen molar-refractivity contribution in [3.05, 3.63) is 59.2 Å². The first kappa shape index (κ1) is 15.5. The number of halogens is 1. The predicted molar refractivity (Wildman–Crippen MR) is 79.5 cm³/mol. The number of benzene rings is 1. The van der Waals surface area contributed by atoms with Gasteiger partial charge < -0.3 is 4.74 Å². The van der Waals surface area contributed by atoms with Gasteiger partial charge in [0.1, 0.15) is 6.10 Å². The summed E-state index contributed by atoms with van der Waals surface area (Å²) in [5, 5.41) is 0.598. The van der Waals surface area contributed by atoms with Crippen LogP contribution in [0.1, 0.15) is 37.0 Å². The van der Waals surface area contributed by atoms with E-state index in [-0.39, 0.29) is 12.1 Å². The van der Waals surface area contributed by atoms with Crippen LogP contribution in [0, 0.1) is 0 Å². The Morgan fingerprint density at radius 2 is 2.00 bits per heavy atom. The molecule has 0 heterocycles. The first-order valence-corrected chi connectivity index (χ1v) is 6.63. The van der Waals surface area contributed by atoms with E-state index in [1.165, 1.54) is 5.57 Å². The molecule has 0 saturated heterocycles. The zero-order valence-electron chi connectivity index (χ0n) is 11.4. The van der Waals surface area contributed by atoms with Crippen LogP contribution < -0.4 is 0 Å². The molecular weight excluding hydrogens is 260 g/mol. The van der Waals surface area contributed by atoms with Crippen LogP contribution in [0.2, 0.25) is 5.02 Å². The summed E-state index contributed by atoms with van der Waals surface area (Å²) in [5.41, 5.74) is 1.75. The largest absolute Gasteiger partial charge is 0.455 e. The van der Waals surface area contributed by atoms with E-state index in [2.05, 4.69) is 12.7 Å². The Morgan fingerprint density at radius 3 is 2.53 bits per heavy atom. The lowest BCUT2D eigenvalue weighted by atomic mass is 10.1. The Labute approximate surface area is 119 Å². The molecule has 19 heavy (non-hydrogen) atoms. The Balaban J connectivity index is 2.55. The van der Waals surface area contributed by atoms with Crippen molar-refractivity contribution < 1.29 is 9.53 Å². The molecule has 0 bridgehead atoms. The fraction of sp³-hybridized carbons (Fsp3) is 0.312. The SMILES string of the molecule is C=C[C@@H](CCC=C(C)C)OC(=O)c1ccc(Cl)cc1. The lowest BCUT2D eigenvalue weighted by molar-refractivity contribution is 0.0383. The van der Waals surface area contributed by atoms with Gasteiger partial charge in [-0.25, -0.2) is 4.79 Å². The van der Waals surface area contributed by atoms with Gasteiger partial charge in [0, 0.05) is 5.02 Å². The molecule has 0 aliphatic carbocycles. The smallest absolute Gasteiger partial charge is 0.338 e. The minimum atomic E-state index is -0.348. The van der Waals surface area contributed by atoms with Gasteiger partial charge in [-0.15, -0.1) is 0 Å². The molecule has 0 fully saturated rings. The van der Waals surface area contributed by atoms with E-state index < -0.39 is 0 Å². The first-order chi connectivity index (χ1) is 9.02. The van der Waals surface area contributed by atoms with Gasteiger partial charge in [-0.3, -0.25) is 0 Å². The summed E-state index contributed by atoms with van der Waals surface area (Å²) in [6, 6.07) is 6.65. The molecule has 0 N–H and O–H groups in total.